The average molecular weight is 478 g/mol. The molecule has 35 heavy (non-hydrogen) atoms. The van der Waals surface area contributed by atoms with E-state index in [1.165, 1.54) is 16.8 Å². The van der Waals surface area contributed by atoms with Crippen molar-refractivity contribution in [2.24, 2.45) is 0 Å². The Morgan fingerprint density at radius 3 is 2.66 bits per heavy atom. The van der Waals surface area contributed by atoms with Crippen LogP contribution < -0.4 is 5.56 Å². The lowest BCUT2D eigenvalue weighted by Gasteiger charge is -2.34. The van der Waals surface area contributed by atoms with Gasteiger partial charge in [0.15, 0.2) is 0 Å². The largest absolute Gasteiger partial charge is 0.383 e. The van der Waals surface area contributed by atoms with E-state index in [2.05, 4.69) is 25.2 Å². The number of piperazine rings is 1. The van der Waals surface area contributed by atoms with Crippen LogP contribution in [0.25, 0.3) is 28.0 Å². The minimum atomic E-state index is -0.498. The van der Waals surface area contributed by atoms with Crippen LogP contribution in [0.5, 0.6) is 0 Å². The fourth-order valence-electron chi connectivity index (χ4n) is 4.10. The molecule has 11 heteroatoms. The summed E-state index contributed by atoms with van der Waals surface area (Å²) in [6.07, 6.45) is 2.66. The highest BCUT2D eigenvalue weighted by Gasteiger charge is 2.22. The molecule has 0 aliphatic carbocycles. The average Bonchev–Trinajstić information content (AvgIpc) is 3.37. The number of benzene rings is 1. The molecule has 4 aromatic rings. The number of aromatic amines is 1. The number of hydrogen-bond acceptors (Lipinski definition) is 7. The van der Waals surface area contributed by atoms with Gasteiger partial charge in [-0.3, -0.25) is 14.5 Å². The van der Waals surface area contributed by atoms with Crippen molar-refractivity contribution < 1.29 is 13.9 Å². The van der Waals surface area contributed by atoms with Crippen LogP contribution in [-0.4, -0.2) is 87.1 Å². The Labute approximate surface area is 199 Å². The third-order valence-electron chi connectivity index (χ3n) is 6.08. The van der Waals surface area contributed by atoms with Crippen molar-refractivity contribution in [3.8, 4) is 16.9 Å². The summed E-state index contributed by atoms with van der Waals surface area (Å²) in [4.78, 5) is 36.1. The number of H-pyrrole nitrogens is 1. The van der Waals surface area contributed by atoms with Crippen LogP contribution in [0, 0.1) is 5.82 Å². The van der Waals surface area contributed by atoms with Crippen LogP contribution in [0.4, 0.5) is 4.39 Å². The van der Waals surface area contributed by atoms with Gasteiger partial charge in [0.25, 0.3) is 11.5 Å². The number of pyridine rings is 2. The number of nitrogens with zero attached hydrogens (tertiary/aromatic N) is 6. The molecule has 0 radical (unpaired) electrons. The number of nitrogens with one attached hydrogen (secondary N) is 1. The molecule has 0 unspecified atom stereocenters. The zero-order valence-corrected chi connectivity index (χ0v) is 19.1. The van der Waals surface area contributed by atoms with Crippen LogP contribution in [0.15, 0.2) is 53.6 Å². The molecule has 4 heterocycles. The zero-order chi connectivity index (χ0) is 24.4. The number of fused-ring (bicyclic) bond motifs is 1. The summed E-state index contributed by atoms with van der Waals surface area (Å²) < 4.78 is 20.2. The molecule has 180 valence electrons. The third-order valence-corrected chi connectivity index (χ3v) is 6.08. The molecule has 1 amide bonds. The summed E-state index contributed by atoms with van der Waals surface area (Å²) in [7, 11) is 1.69. The van der Waals surface area contributed by atoms with Gasteiger partial charge >= 0.3 is 0 Å². The maximum atomic E-state index is 13.5. The molecule has 1 saturated heterocycles. The highest BCUT2D eigenvalue weighted by atomic mass is 19.1. The second kappa shape index (κ2) is 9.72. The Morgan fingerprint density at radius 2 is 1.91 bits per heavy atom. The summed E-state index contributed by atoms with van der Waals surface area (Å²) >= 11 is 0. The topological polar surface area (TPSA) is 109 Å². The number of amides is 1. The Morgan fingerprint density at radius 1 is 1.14 bits per heavy atom. The Kier molecular flexibility index (Phi) is 6.34. The van der Waals surface area contributed by atoms with Crippen molar-refractivity contribution in [3.05, 3.63) is 70.5 Å². The number of hydrogen-bond donors (Lipinski definition) is 1. The first-order valence-corrected chi connectivity index (χ1v) is 11.2. The molecular weight excluding hydrogens is 453 g/mol. The lowest BCUT2D eigenvalue weighted by molar-refractivity contribution is 0.0594. The maximum absolute atomic E-state index is 13.5. The van der Waals surface area contributed by atoms with E-state index in [9.17, 15) is 14.0 Å². The molecule has 0 spiro atoms. The van der Waals surface area contributed by atoms with E-state index in [-0.39, 0.29) is 11.5 Å². The lowest BCUT2D eigenvalue weighted by atomic mass is 10.1. The molecule has 0 atom stereocenters. The fourth-order valence-corrected chi connectivity index (χ4v) is 4.10. The van der Waals surface area contributed by atoms with E-state index in [1.54, 1.807) is 37.6 Å². The smallest absolute Gasteiger partial charge is 0.259 e. The van der Waals surface area contributed by atoms with Crippen molar-refractivity contribution in [1.82, 2.24) is 34.8 Å². The molecule has 1 aromatic carbocycles. The van der Waals surface area contributed by atoms with Crippen LogP contribution in [0.1, 0.15) is 10.4 Å². The number of ether oxygens (including phenoxy) is 1. The minimum absolute atomic E-state index is 0.00856. The molecule has 1 aliphatic rings. The standard InChI is InChI=1S/C24H24FN7O3/c1-35-11-10-30-6-8-31(9-7-30)24(34)16-2-4-19(5-3-16)32-15-21(28-29-32)20-13-17-12-18(25)14-26-22(17)27-23(20)33/h2-5,12-15H,6-11H2,1H3,(H,26,27,33). The van der Waals surface area contributed by atoms with Gasteiger partial charge in [0.2, 0.25) is 0 Å². The Bertz CT molecular complexity index is 1410. The van der Waals surface area contributed by atoms with Crippen molar-refractivity contribution >= 4 is 16.9 Å². The van der Waals surface area contributed by atoms with E-state index >= 15 is 0 Å². The first-order valence-electron chi connectivity index (χ1n) is 11.2. The summed E-state index contributed by atoms with van der Waals surface area (Å²) in [5.74, 6) is -0.507. The first-order chi connectivity index (χ1) is 17.0. The molecule has 1 N–H and O–H groups in total. The van der Waals surface area contributed by atoms with E-state index in [0.717, 1.165) is 25.8 Å². The van der Waals surface area contributed by atoms with Gasteiger partial charge in [0.1, 0.15) is 17.2 Å². The van der Waals surface area contributed by atoms with Crippen LogP contribution in [0.2, 0.25) is 0 Å². The zero-order valence-electron chi connectivity index (χ0n) is 19.1. The third kappa shape index (κ3) is 4.81. The van der Waals surface area contributed by atoms with E-state index in [1.807, 2.05) is 4.90 Å². The SMILES string of the molecule is COCCN1CCN(C(=O)c2ccc(-n3cc(-c4cc5cc(F)cnc5[nH]c4=O)nn3)cc2)CC1. The van der Waals surface area contributed by atoms with E-state index in [4.69, 9.17) is 4.74 Å². The van der Waals surface area contributed by atoms with Gasteiger partial charge in [-0.25, -0.2) is 14.1 Å². The Hall–Kier alpha value is -3.96. The molecule has 1 aliphatic heterocycles. The van der Waals surface area contributed by atoms with Gasteiger partial charge in [0.05, 0.1) is 30.3 Å². The van der Waals surface area contributed by atoms with Gasteiger partial charge in [0, 0.05) is 50.8 Å². The predicted octanol–water partition coefficient (Wildman–Crippen LogP) is 1.71. The highest BCUT2D eigenvalue weighted by molar-refractivity contribution is 5.94. The number of aromatic nitrogens is 5. The van der Waals surface area contributed by atoms with Crippen molar-refractivity contribution in [2.45, 2.75) is 0 Å². The van der Waals surface area contributed by atoms with Gasteiger partial charge in [-0.2, -0.15) is 0 Å². The highest BCUT2D eigenvalue weighted by Crippen LogP contribution is 2.19. The van der Waals surface area contributed by atoms with Gasteiger partial charge in [-0.15, -0.1) is 5.10 Å². The molecule has 3 aromatic heterocycles. The number of methoxy groups -OCH3 is 1. The first kappa shape index (κ1) is 22.8. The second-order valence-electron chi connectivity index (χ2n) is 8.33. The van der Waals surface area contributed by atoms with E-state index in [0.29, 0.717) is 47.7 Å². The Balaban J connectivity index is 1.30. The number of carbonyl (C=O) groups is 1. The maximum Gasteiger partial charge on any atom is 0.259 e. The van der Waals surface area contributed by atoms with E-state index < -0.39 is 11.4 Å². The van der Waals surface area contributed by atoms with Gasteiger partial charge in [-0.1, -0.05) is 5.21 Å². The summed E-state index contributed by atoms with van der Waals surface area (Å²) in [6.45, 7) is 4.56. The van der Waals surface area contributed by atoms with Crippen molar-refractivity contribution in [1.29, 1.82) is 0 Å². The minimum Gasteiger partial charge on any atom is -0.383 e. The molecule has 10 nitrogen and oxygen atoms in total. The monoisotopic (exact) mass is 477 g/mol. The molecule has 0 saturated carbocycles. The number of halogens is 1. The normalized spacial score (nSPS) is 14.5. The number of carbonyl (C=O) groups excluding carboxylic acids is 1. The molecule has 0 bridgehead atoms. The predicted molar refractivity (Wildman–Crippen MR) is 127 cm³/mol. The van der Waals surface area contributed by atoms with Crippen molar-refractivity contribution in [3.63, 3.8) is 0 Å². The summed E-state index contributed by atoms with van der Waals surface area (Å²) in [5, 5.41) is 8.67. The molecule has 1 fully saturated rings. The van der Waals surface area contributed by atoms with Crippen LogP contribution >= 0.6 is 0 Å². The van der Waals surface area contributed by atoms with Crippen molar-refractivity contribution in [2.75, 3.05) is 46.4 Å². The molecular formula is C24H24FN7O3. The second-order valence-corrected chi connectivity index (χ2v) is 8.33. The number of rotatable bonds is 6. The summed E-state index contributed by atoms with van der Waals surface area (Å²) in [6, 6.07) is 9.91. The fraction of sp³-hybridized carbons (Fsp3) is 0.292. The van der Waals surface area contributed by atoms with Crippen LogP contribution in [-0.2, 0) is 4.74 Å². The lowest BCUT2D eigenvalue weighted by Crippen LogP contribution is -2.49. The van der Waals surface area contributed by atoms with Crippen LogP contribution in [0.3, 0.4) is 0 Å². The quantitative estimate of drug-likeness (QED) is 0.450. The summed E-state index contributed by atoms with van der Waals surface area (Å²) in [5.41, 5.74) is 1.78. The molecule has 5 rings (SSSR count). The van der Waals surface area contributed by atoms with Gasteiger partial charge < -0.3 is 14.6 Å². The van der Waals surface area contributed by atoms with Gasteiger partial charge in [-0.05, 0) is 36.4 Å².